The highest BCUT2D eigenvalue weighted by atomic mass is 32.2. The van der Waals surface area contributed by atoms with Crippen LogP contribution in [0.25, 0.3) is 0 Å². The van der Waals surface area contributed by atoms with Crippen LogP contribution >= 0.6 is 11.8 Å². The van der Waals surface area contributed by atoms with E-state index in [4.69, 9.17) is 0 Å². The Morgan fingerprint density at radius 2 is 2.00 bits per heavy atom. The van der Waals surface area contributed by atoms with Crippen molar-refractivity contribution in [1.82, 2.24) is 14.9 Å². The van der Waals surface area contributed by atoms with E-state index in [9.17, 15) is 14.7 Å². The number of aromatic hydroxyl groups is 1. The molecule has 6 nitrogen and oxygen atoms in total. The summed E-state index contributed by atoms with van der Waals surface area (Å²) in [4.78, 5) is 31.9. The third-order valence-corrected chi connectivity index (χ3v) is 3.80. The summed E-state index contributed by atoms with van der Waals surface area (Å²) < 4.78 is 0. The van der Waals surface area contributed by atoms with Gasteiger partial charge in [-0.2, -0.15) is 4.98 Å². The summed E-state index contributed by atoms with van der Waals surface area (Å²) >= 11 is 1.12. The van der Waals surface area contributed by atoms with Crippen LogP contribution in [0.1, 0.15) is 39.2 Å². The van der Waals surface area contributed by atoms with Crippen LogP contribution in [0, 0.1) is 0 Å². The van der Waals surface area contributed by atoms with Gasteiger partial charge in [0, 0.05) is 13.1 Å². The zero-order chi connectivity index (χ0) is 15.3. The Morgan fingerprint density at radius 3 is 2.45 bits per heavy atom. The molecule has 0 aliphatic rings. The number of hydrogen-bond donors (Lipinski definition) is 2. The van der Waals surface area contributed by atoms with Gasteiger partial charge in [-0.05, 0) is 19.8 Å². The summed E-state index contributed by atoms with van der Waals surface area (Å²) in [6, 6.07) is 0. The number of aromatic nitrogens is 2. The minimum absolute atomic E-state index is 0.0184. The monoisotopic (exact) mass is 299 g/mol. The number of carbonyl (C=O) groups is 1. The number of hydrogen-bond acceptors (Lipinski definition) is 5. The molecular weight excluding hydrogens is 278 g/mol. The molecule has 1 aromatic rings. The largest absolute Gasteiger partial charge is 0.493 e. The molecule has 0 aliphatic heterocycles. The molecule has 0 saturated carbocycles. The maximum atomic E-state index is 11.8. The van der Waals surface area contributed by atoms with Crippen molar-refractivity contribution in [1.29, 1.82) is 0 Å². The number of nitrogens with one attached hydrogen (secondary N) is 1. The van der Waals surface area contributed by atoms with Crippen LogP contribution in [0.2, 0.25) is 0 Å². The van der Waals surface area contributed by atoms with E-state index >= 15 is 0 Å². The molecule has 7 heteroatoms. The van der Waals surface area contributed by atoms with Crippen LogP contribution in [0.3, 0.4) is 0 Å². The van der Waals surface area contributed by atoms with Gasteiger partial charge < -0.3 is 15.0 Å². The van der Waals surface area contributed by atoms with E-state index in [0.29, 0.717) is 13.1 Å². The first-order valence-electron chi connectivity index (χ1n) is 6.64. The number of H-pyrrole nitrogens is 1. The van der Waals surface area contributed by atoms with Gasteiger partial charge in [0.25, 0.3) is 5.56 Å². The van der Waals surface area contributed by atoms with Gasteiger partial charge in [0.15, 0.2) is 5.16 Å². The predicted octanol–water partition coefficient (Wildman–Crippen LogP) is 1.56. The van der Waals surface area contributed by atoms with Crippen LogP contribution in [0.5, 0.6) is 5.88 Å². The van der Waals surface area contributed by atoms with E-state index in [1.54, 1.807) is 4.90 Å². The van der Waals surface area contributed by atoms with Crippen molar-refractivity contribution in [2.75, 3.05) is 18.8 Å². The quantitative estimate of drug-likeness (QED) is 0.615. The molecule has 0 fully saturated rings. The molecule has 1 heterocycles. The van der Waals surface area contributed by atoms with Gasteiger partial charge in [-0.25, -0.2) is 0 Å². The summed E-state index contributed by atoms with van der Waals surface area (Å²) in [5, 5.41) is 10.0. The maximum Gasteiger partial charge on any atom is 0.258 e. The minimum atomic E-state index is -0.356. The van der Waals surface area contributed by atoms with E-state index in [2.05, 4.69) is 9.97 Å². The summed E-state index contributed by atoms with van der Waals surface area (Å²) in [7, 11) is 0. The molecule has 0 atom stereocenters. The lowest BCUT2D eigenvalue weighted by molar-refractivity contribution is -0.127. The molecule has 1 amide bonds. The Morgan fingerprint density at radius 1 is 1.40 bits per heavy atom. The third-order valence-electron chi connectivity index (χ3n) is 2.94. The fraction of sp³-hybridized carbons (Fsp3) is 0.615. The molecular formula is C13H21N3O3S. The Hall–Kier alpha value is -1.50. The molecule has 0 bridgehead atoms. The highest BCUT2D eigenvalue weighted by Gasteiger charge is 2.16. The molecule has 0 aromatic carbocycles. The SMILES string of the molecule is CCN(CC)C(=O)CSc1nc(O)c(C(C)C)c(=O)[nH]1. The minimum Gasteiger partial charge on any atom is -0.493 e. The first-order valence-corrected chi connectivity index (χ1v) is 7.62. The van der Waals surface area contributed by atoms with Crippen LogP contribution in [-0.4, -0.2) is 44.7 Å². The summed E-state index contributed by atoms with van der Waals surface area (Å²) in [6.07, 6.45) is 0. The Kier molecular flexibility index (Phi) is 6.06. The number of amides is 1. The second-order valence-corrected chi connectivity index (χ2v) is 5.58. The van der Waals surface area contributed by atoms with Gasteiger partial charge in [0.1, 0.15) is 0 Å². The molecule has 112 valence electrons. The van der Waals surface area contributed by atoms with Crippen LogP contribution in [0.4, 0.5) is 0 Å². The average molecular weight is 299 g/mol. The lowest BCUT2D eigenvalue weighted by Crippen LogP contribution is -2.32. The second kappa shape index (κ2) is 7.33. The molecule has 0 radical (unpaired) electrons. The number of aromatic amines is 1. The first-order chi connectivity index (χ1) is 9.40. The van der Waals surface area contributed by atoms with Crippen molar-refractivity contribution in [3.05, 3.63) is 15.9 Å². The summed E-state index contributed by atoms with van der Waals surface area (Å²) in [5.41, 5.74) is -0.0882. The van der Waals surface area contributed by atoms with Gasteiger partial charge in [0.05, 0.1) is 11.3 Å². The molecule has 20 heavy (non-hydrogen) atoms. The molecule has 1 aromatic heterocycles. The van der Waals surface area contributed by atoms with Crippen LogP contribution in [-0.2, 0) is 4.79 Å². The maximum absolute atomic E-state index is 11.8. The van der Waals surface area contributed by atoms with Crippen molar-refractivity contribution < 1.29 is 9.90 Å². The number of rotatable bonds is 6. The molecule has 2 N–H and O–H groups in total. The van der Waals surface area contributed by atoms with Crippen molar-refractivity contribution in [3.8, 4) is 5.88 Å². The number of carbonyl (C=O) groups excluding carboxylic acids is 1. The average Bonchev–Trinajstić information content (AvgIpc) is 2.36. The van der Waals surface area contributed by atoms with Crippen LogP contribution in [0.15, 0.2) is 9.95 Å². The van der Waals surface area contributed by atoms with Gasteiger partial charge in [-0.1, -0.05) is 25.6 Å². The topological polar surface area (TPSA) is 86.3 Å². The van der Waals surface area contributed by atoms with E-state index in [1.165, 1.54) is 0 Å². The van der Waals surface area contributed by atoms with E-state index in [-0.39, 0.29) is 39.7 Å². The van der Waals surface area contributed by atoms with E-state index in [0.717, 1.165) is 11.8 Å². The Bertz CT molecular complexity index is 524. The zero-order valence-electron chi connectivity index (χ0n) is 12.3. The molecule has 0 aliphatic carbocycles. The van der Waals surface area contributed by atoms with Crippen molar-refractivity contribution >= 4 is 17.7 Å². The van der Waals surface area contributed by atoms with E-state index in [1.807, 2.05) is 27.7 Å². The fourth-order valence-corrected chi connectivity index (χ4v) is 2.60. The number of nitrogens with zero attached hydrogens (tertiary/aromatic N) is 2. The third kappa shape index (κ3) is 4.00. The van der Waals surface area contributed by atoms with Crippen LogP contribution < -0.4 is 5.56 Å². The highest BCUT2D eigenvalue weighted by Crippen LogP contribution is 2.21. The number of thioether (sulfide) groups is 1. The normalized spacial score (nSPS) is 10.8. The van der Waals surface area contributed by atoms with Gasteiger partial charge in [-0.3, -0.25) is 9.59 Å². The Labute approximate surface area is 122 Å². The van der Waals surface area contributed by atoms with Crippen molar-refractivity contribution in [2.45, 2.75) is 38.8 Å². The highest BCUT2D eigenvalue weighted by molar-refractivity contribution is 7.99. The van der Waals surface area contributed by atoms with Crippen molar-refractivity contribution in [3.63, 3.8) is 0 Å². The Balaban J connectivity index is 2.80. The van der Waals surface area contributed by atoms with E-state index < -0.39 is 0 Å². The second-order valence-electron chi connectivity index (χ2n) is 4.62. The van der Waals surface area contributed by atoms with Gasteiger partial charge in [0.2, 0.25) is 11.8 Å². The smallest absolute Gasteiger partial charge is 0.258 e. The van der Waals surface area contributed by atoms with Crippen molar-refractivity contribution in [2.24, 2.45) is 0 Å². The standard InChI is InChI=1S/C13H21N3O3S/c1-5-16(6-2)9(17)7-20-13-14-11(18)10(8(3)4)12(19)15-13/h8H,5-7H2,1-4H3,(H2,14,15,18,19). The lowest BCUT2D eigenvalue weighted by Gasteiger charge is -2.18. The molecule has 1 rings (SSSR count). The fourth-order valence-electron chi connectivity index (χ4n) is 1.84. The first kappa shape index (κ1) is 16.6. The van der Waals surface area contributed by atoms with Gasteiger partial charge >= 0.3 is 0 Å². The molecule has 0 spiro atoms. The predicted molar refractivity (Wildman–Crippen MR) is 79.3 cm³/mol. The van der Waals surface area contributed by atoms with Gasteiger partial charge in [-0.15, -0.1) is 0 Å². The zero-order valence-corrected chi connectivity index (χ0v) is 13.1. The molecule has 0 unspecified atom stereocenters. The summed E-state index contributed by atoms with van der Waals surface area (Å²) in [6.45, 7) is 8.74. The lowest BCUT2D eigenvalue weighted by atomic mass is 10.1. The molecule has 0 saturated heterocycles. The summed E-state index contributed by atoms with van der Waals surface area (Å²) in [5.74, 6) is -0.204.